The van der Waals surface area contributed by atoms with Crippen LogP contribution in [0.2, 0.25) is 5.02 Å². The number of hydrogen-bond donors (Lipinski definition) is 1. The quantitative estimate of drug-likeness (QED) is 0.854. The summed E-state index contributed by atoms with van der Waals surface area (Å²) in [4.78, 5) is 30.0. The molecular weight excluding hydrogens is 334 g/mol. The van der Waals surface area contributed by atoms with E-state index in [1.165, 1.54) is 4.90 Å². The summed E-state index contributed by atoms with van der Waals surface area (Å²) in [5.74, 6) is -1.13. The first-order chi connectivity index (χ1) is 11.2. The van der Waals surface area contributed by atoms with Gasteiger partial charge in [-0.15, -0.1) is 0 Å². The lowest BCUT2D eigenvalue weighted by molar-refractivity contribution is -0.144. The molecule has 1 N–H and O–H groups in total. The summed E-state index contributed by atoms with van der Waals surface area (Å²) in [5.41, 5.74) is 0.980. The number of ether oxygens (including phenoxy) is 1. The van der Waals surface area contributed by atoms with Crippen molar-refractivity contribution in [3.8, 4) is 0 Å². The van der Waals surface area contributed by atoms with Crippen LogP contribution in [0.5, 0.6) is 0 Å². The number of rotatable bonds is 1. The number of aromatic nitrogens is 2. The third-order valence-corrected chi connectivity index (χ3v) is 3.96. The number of aliphatic carboxylic acids is 1. The second-order valence-corrected chi connectivity index (χ2v) is 7.12. The molecule has 0 spiro atoms. The lowest BCUT2D eigenvalue weighted by Crippen LogP contribution is -2.46. The molecule has 1 aliphatic heterocycles. The fraction of sp³-hybridized carbons (Fsp3) is 0.438. The lowest BCUT2D eigenvalue weighted by Gasteiger charge is -2.34. The third kappa shape index (κ3) is 2.91. The summed E-state index contributed by atoms with van der Waals surface area (Å²) < 4.78 is 7.02. The Balaban J connectivity index is 2.07. The van der Waals surface area contributed by atoms with E-state index in [2.05, 4.69) is 4.98 Å². The molecule has 3 heterocycles. The zero-order chi connectivity index (χ0) is 17.6. The number of carboxylic acid groups (broad SMARTS) is 1. The fourth-order valence-corrected chi connectivity index (χ4v) is 2.99. The Bertz CT molecular complexity index is 825. The molecule has 0 bridgehead atoms. The number of pyridine rings is 1. The van der Waals surface area contributed by atoms with Gasteiger partial charge in [-0.3, -0.25) is 4.90 Å². The van der Waals surface area contributed by atoms with Gasteiger partial charge >= 0.3 is 12.1 Å². The SMILES string of the molecule is CC(C)(C)OC(=O)N1CCc2nc3cc(Cl)ccn3c2C1C(=O)O. The molecule has 128 valence electrons. The summed E-state index contributed by atoms with van der Waals surface area (Å²) in [6, 6.07) is 2.16. The van der Waals surface area contributed by atoms with Gasteiger partial charge in [0.1, 0.15) is 11.2 Å². The molecule has 0 aliphatic carbocycles. The molecule has 2 aromatic heterocycles. The Hall–Kier alpha value is -2.28. The molecule has 2 aromatic rings. The summed E-state index contributed by atoms with van der Waals surface area (Å²) in [6.07, 6.45) is 1.47. The molecular formula is C16H18ClN3O4. The normalized spacial score (nSPS) is 17.7. The van der Waals surface area contributed by atoms with Crippen LogP contribution in [0.4, 0.5) is 4.79 Å². The predicted octanol–water partition coefficient (Wildman–Crippen LogP) is 2.91. The maximum Gasteiger partial charge on any atom is 0.411 e. The van der Waals surface area contributed by atoms with E-state index in [9.17, 15) is 14.7 Å². The van der Waals surface area contributed by atoms with Crippen LogP contribution < -0.4 is 0 Å². The Morgan fingerprint density at radius 2 is 2.12 bits per heavy atom. The number of amides is 1. The average Bonchev–Trinajstić information content (AvgIpc) is 2.81. The predicted molar refractivity (Wildman–Crippen MR) is 87.2 cm³/mol. The van der Waals surface area contributed by atoms with Crippen LogP contribution in [-0.4, -0.2) is 43.6 Å². The molecule has 7 nitrogen and oxygen atoms in total. The van der Waals surface area contributed by atoms with Gasteiger partial charge in [0.25, 0.3) is 0 Å². The van der Waals surface area contributed by atoms with Crippen LogP contribution in [0.1, 0.15) is 38.2 Å². The molecule has 1 atom stereocenters. The summed E-state index contributed by atoms with van der Waals surface area (Å²) in [6.45, 7) is 5.46. The Morgan fingerprint density at radius 3 is 2.75 bits per heavy atom. The van der Waals surface area contributed by atoms with Gasteiger partial charge in [0, 0.05) is 30.3 Å². The van der Waals surface area contributed by atoms with E-state index in [4.69, 9.17) is 16.3 Å². The molecule has 1 unspecified atom stereocenters. The number of imidazole rings is 1. The number of carbonyl (C=O) groups excluding carboxylic acids is 1. The van der Waals surface area contributed by atoms with Gasteiger partial charge in [0.05, 0.1) is 11.4 Å². The summed E-state index contributed by atoms with van der Waals surface area (Å²) >= 11 is 5.98. The van der Waals surface area contributed by atoms with Crippen molar-refractivity contribution in [1.82, 2.24) is 14.3 Å². The number of nitrogens with zero attached hydrogens (tertiary/aromatic N) is 3. The van der Waals surface area contributed by atoms with Gasteiger partial charge in [-0.05, 0) is 26.8 Å². The van der Waals surface area contributed by atoms with Crippen LogP contribution in [-0.2, 0) is 16.0 Å². The third-order valence-electron chi connectivity index (χ3n) is 3.72. The number of halogens is 1. The van der Waals surface area contributed by atoms with Crippen molar-refractivity contribution in [3.63, 3.8) is 0 Å². The van der Waals surface area contributed by atoms with Gasteiger partial charge in [-0.1, -0.05) is 11.6 Å². The van der Waals surface area contributed by atoms with Crippen LogP contribution in [0.3, 0.4) is 0 Å². The molecule has 3 rings (SSSR count). The van der Waals surface area contributed by atoms with Crippen molar-refractivity contribution >= 4 is 29.3 Å². The van der Waals surface area contributed by atoms with Crippen molar-refractivity contribution in [3.05, 3.63) is 34.7 Å². The van der Waals surface area contributed by atoms with Crippen LogP contribution in [0, 0.1) is 0 Å². The number of carbonyl (C=O) groups is 2. The van der Waals surface area contributed by atoms with Crippen molar-refractivity contribution in [2.45, 2.75) is 38.8 Å². The molecule has 0 saturated carbocycles. The molecule has 1 amide bonds. The second kappa shape index (κ2) is 5.66. The first-order valence-corrected chi connectivity index (χ1v) is 7.94. The van der Waals surface area contributed by atoms with Gasteiger partial charge in [-0.2, -0.15) is 0 Å². The molecule has 24 heavy (non-hydrogen) atoms. The van der Waals surface area contributed by atoms with Crippen molar-refractivity contribution in [1.29, 1.82) is 0 Å². The van der Waals surface area contributed by atoms with Gasteiger partial charge in [0.15, 0.2) is 6.04 Å². The van der Waals surface area contributed by atoms with Crippen molar-refractivity contribution in [2.24, 2.45) is 0 Å². The second-order valence-electron chi connectivity index (χ2n) is 6.68. The van der Waals surface area contributed by atoms with E-state index < -0.39 is 23.7 Å². The summed E-state index contributed by atoms with van der Waals surface area (Å²) in [7, 11) is 0. The smallest absolute Gasteiger partial charge is 0.411 e. The minimum atomic E-state index is -1.15. The number of hydrogen-bond acceptors (Lipinski definition) is 4. The van der Waals surface area contributed by atoms with Crippen molar-refractivity contribution in [2.75, 3.05) is 6.54 Å². The highest BCUT2D eigenvalue weighted by Crippen LogP contribution is 2.32. The number of fused-ring (bicyclic) bond motifs is 3. The molecule has 0 radical (unpaired) electrons. The average molecular weight is 352 g/mol. The maximum absolute atomic E-state index is 12.4. The highest BCUT2D eigenvalue weighted by molar-refractivity contribution is 6.30. The van der Waals surface area contributed by atoms with E-state index in [1.54, 1.807) is 43.5 Å². The summed E-state index contributed by atoms with van der Waals surface area (Å²) in [5, 5.41) is 10.2. The largest absolute Gasteiger partial charge is 0.479 e. The zero-order valence-corrected chi connectivity index (χ0v) is 14.4. The Morgan fingerprint density at radius 1 is 1.42 bits per heavy atom. The standard InChI is InChI=1S/C16H18ClN3O4/c1-16(2,3)24-15(23)20-7-5-10-12(13(20)14(21)22)19-6-4-9(17)8-11(19)18-10/h4,6,8,13H,5,7H2,1-3H3,(H,21,22). The van der Waals surface area contributed by atoms with Gasteiger partial charge < -0.3 is 14.2 Å². The van der Waals surface area contributed by atoms with E-state index in [-0.39, 0.29) is 6.54 Å². The van der Waals surface area contributed by atoms with Crippen LogP contribution >= 0.6 is 11.6 Å². The van der Waals surface area contributed by atoms with Gasteiger partial charge in [0.2, 0.25) is 0 Å². The van der Waals surface area contributed by atoms with Crippen molar-refractivity contribution < 1.29 is 19.4 Å². The van der Waals surface area contributed by atoms with Crippen LogP contribution in [0.25, 0.3) is 5.65 Å². The zero-order valence-electron chi connectivity index (χ0n) is 13.6. The highest BCUT2D eigenvalue weighted by atomic mass is 35.5. The van der Waals surface area contributed by atoms with E-state index >= 15 is 0 Å². The van der Waals surface area contributed by atoms with E-state index in [1.807, 2.05) is 0 Å². The minimum Gasteiger partial charge on any atom is -0.479 e. The first kappa shape index (κ1) is 16.6. The Kier molecular flexibility index (Phi) is 3.91. The molecule has 0 saturated heterocycles. The number of carboxylic acids is 1. The van der Waals surface area contributed by atoms with Gasteiger partial charge in [-0.25, -0.2) is 14.6 Å². The maximum atomic E-state index is 12.4. The Labute approximate surface area is 143 Å². The van der Waals surface area contributed by atoms with E-state index in [0.29, 0.717) is 28.5 Å². The fourth-order valence-electron chi connectivity index (χ4n) is 2.83. The first-order valence-electron chi connectivity index (χ1n) is 7.56. The minimum absolute atomic E-state index is 0.233. The molecule has 1 aliphatic rings. The topological polar surface area (TPSA) is 84.1 Å². The lowest BCUT2D eigenvalue weighted by atomic mass is 10.0. The van der Waals surface area contributed by atoms with E-state index in [0.717, 1.165) is 0 Å². The van der Waals surface area contributed by atoms with Crippen LogP contribution in [0.15, 0.2) is 18.3 Å². The molecule has 8 heteroatoms. The highest BCUT2D eigenvalue weighted by Gasteiger charge is 2.41. The molecule has 0 aromatic carbocycles. The molecule has 0 fully saturated rings. The monoisotopic (exact) mass is 351 g/mol.